The maximum atomic E-state index is 12.7. The Morgan fingerprint density at radius 1 is 1.15 bits per heavy atom. The van der Waals surface area contributed by atoms with Crippen molar-refractivity contribution in [1.29, 1.82) is 0 Å². The van der Waals surface area contributed by atoms with Gasteiger partial charge in [-0.1, -0.05) is 30.3 Å². The molecule has 2 amide bonds. The average Bonchev–Trinajstić information content (AvgIpc) is 3.04. The summed E-state index contributed by atoms with van der Waals surface area (Å²) in [6.07, 6.45) is 0.227. The van der Waals surface area contributed by atoms with Crippen LogP contribution in [0.3, 0.4) is 0 Å². The summed E-state index contributed by atoms with van der Waals surface area (Å²) in [4.78, 5) is 26.7. The molecule has 27 heavy (non-hydrogen) atoms. The second-order valence-corrected chi connectivity index (χ2v) is 6.67. The van der Waals surface area contributed by atoms with E-state index in [4.69, 9.17) is 9.47 Å². The van der Waals surface area contributed by atoms with Crippen LogP contribution < -0.4 is 14.8 Å². The number of carbonyl (C=O) groups is 2. The molecule has 0 aromatic heterocycles. The van der Waals surface area contributed by atoms with E-state index in [-0.39, 0.29) is 24.2 Å². The molecule has 1 unspecified atom stereocenters. The molecule has 6 heteroatoms. The topological polar surface area (TPSA) is 67.9 Å². The van der Waals surface area contributed by atoms with Crippen molar-refractivity contribution in [1.82, 2.24) is 4.90 Å². The predicted octanol–water partition coefficient (Wildman–Crippen LogP) is 3.00. The summed E-state index contributed by atoms with van der Waals surface area (Å²) in [5, 5.41) is 2.93. The summed E-state index contributed by atoms with van der Waals surface area (Å²) in [6, 6.07) is 13.3. The van der Waals surface area contributed by atoms with Crippen molar-refractivity contribution in [2.45, 2.75) is 19.9 Å². The zero-order valence-electron chi connectivity index (χ0n) is 15.8. The van der Waals surface area contributed by atoms with E-state index in [0.29, 0.717) is 30.3 Å². The second kappa shape index (κ2) is 8.12. The molecule has 142 valence electrons. The van der Waals surface area contributed by atoms with Gasteiger partial charge in [-0.05, 0) is 24.1 Å². The molecule has 0 radical (unpaired) electrons. The Balaban J connectivity index is 1.68. The lowest BCUT2D eigenvalue weighted by Crippen LogP contribution is -2.28. The molecular formula is C21H24N2O4. The largest absolute Gasteiger partial charge is 0.493 e. The Hall–Kier alpha value is -3.02. The number of ether oxygens (including phenoxy) is 2. The number of benzene rings is 2. The van der Waals surface area contributed by atoms with Gasteiger partial charge in [-0.2, -0.15) is 0 Å². The molecule has 2 aromatic rings. The van der Waals surface area contributed by atoms with E-state index in [0.717, 1.165) is 11.1 Å². The van der Waals surface area contributed by atoms with Crippen molar-refractivity contribution in [3.63, 3.8) is 0 Å². The molecule has 3 rings (SSSR count). The van der Waals surface area contributed by atoms with E-state index in [1.54, 1.807) is 25.2 Å². The summed E-state index contributed by atoms with van der Waals surface area (Å²) in [5.41, 5.74) is 2.58. The number of aryl methyl sites for hydroxylation is 1. The number of hydrogen-bond acceptors (Lipinski definition) is 4. The molecule has 1 aliphatic heterocycles. The molecule has 1 saturated heterocycles. The Labute approximate surface area is 159 Å². The minimum Gasteiger partial charge on any atom is -0.493 e. The highest BCUT2D eigenvalue weighted by Gasteiger charge is 2.34. The van der Waals surface area contributed by atoms with Gasteiger partial charge in [0.25, 0.3) is 0 Å². The molecule has 1 N–H and O–H groups in total. The van der Waals surface area contributed by atoms with Gasteiger partial charge in [0.2, 0.25) is 11.8 Å². The Bertz CT molecular complexity index is 836. The first-order valence-electron chi connectivity index (χ1n) is 8.87. The van der Waals surface area contributed by atoms with Crippen molar-refractivity contribution >= 4 is 17.5 Å². The number of anilines is 1. The summed E-state index contributed by atoms with van der Waals surface area (Å²) < 4.78 is 10.6. The van der Waals surface area contributed by atoms with Crippen LogP contribution in [0.25, 0.3) is 0 Å². The SMILES string of the molecule is COc1cc(C)c(NC(=O)C2CC(=O)N(Cc3ccccc3)C2)cc1OC. The van der Waals surface area contributed by atoms with Crippen LogP contribution in [-0.4, -0.2) is 37.5 Å². The maximum absolute atomic E-state index is 12.7. The number of likely N-dealkylation sites (tertiary alicyclic amines) is 1. The number of methoxy groups -OCH3 is 2. The highest BCUT2D eigenvalue weighted by atomic mass is 16.5. The van der Waals surface area contributed by atoms with E-state index in [1.807, 2.05) is 43.3 Å². The molecule has 1 atom stereocenters. The lowest BCUT2D eigenvalue weighted by molar-refractivity contribution is -0.128. The van der Waals surface area contributed by atoms with Crippen molar-refractivity contribution in [2.75, 3.05) is 26.1 Å². The van der Waals surface area contributed by atoms with Gasteiger partial charge in [0.1, 0.15) is 0 Å². The zero-order chi connectivity index (χ0) is 19.4. The van der Waals surface area contributed by atoms with Crippen LogP contribution in [0.2, 0.25) is 0 Å². The second-order valence-electron chi connectivity index (χ2n) is 6.67. The molecule has 0 spiro atoms. The standard InChI is InChI=1S/C21H24N2O4/c1-14-9-18(26-2)19(27-3)11-17(14)22-21(25)16-10-20(24)23(13-16)12-15-7-5-4-6-8-15/h4-9,11,16H,10,12-13H2,1-3H3,(H,22,25). The van der Waals surface area contributed by atoms with Crippen molar-refractivity contribution in [2.24, 2.45) is 5.92 Å². The monoisotopic (exact) mass is 368 g/mol. The van der Waals surface area contributed by atoms with Crippen LogP contribution in [0.15, 0.2) is 42.5 Å². The lowest BCUT2D eigenvalue weighted by Gasteiger charge is -2.17. The fraction of sp³-hybridized carbons (Fsp3) is 0.333. The van der Waals surface area contributed by atoms with Gasteiger partial charge in [0.05, 0.1) is 20.1 Å². The highest BCUT2D eigenvalue weighted by molar-refractivity contribution is 5.97. The van der Waals surface area contributed by atoms with Crippen molar-refractivity contribution in [3.05, 3.63) is 53.6 Å². The molecule has 0 aliphatic carbocycles. The molecular weight excluding hydrogens is 344 g/mol. The molecule has 2 aromatic carbocycles. The van der Waals surface area contributed by atoms with Crippen molar-refractivity contribution < 1.29 is 19.1 Å². The maximum Gasteiger partial charge on any atom is 0.229 e. The summed E-state index contributed by atoms with van der Waals surface area (Å²) in [7, 11) is 3.12. The molecule has 0 saturated carbocycles. The molecule has 1 fully saturated rings. The third-order valence-electron chi connectivity index (χ3n) is 4.79. The van der Waals surface area contributed by atoms with Gasteiger partial charge >= 0.3 is 0 Å². The Morgan fingerprint density at radius 3 is 2.48 bits per heavy atom. The summed E-state index contributed by atoms with van der Waals surface area (Å²) >= 11 is 0. The quantitative estimate of drug-likeness (QED) is 0.851. The Kier molecular flexibility index (Phi) is 5.64. The van der Waals surface area contributed by atoms with E-state index in [1.165, 1.54) is 0 Å². The summed E-state index contributed by atoms with van der Waals surface area (Å²) in [5.74, 6) is 0.635. The smallest absolute Gasteiger partial charge is 0.229 e. The van der Waals surface area contributed by atoms with Crippen molar-refractivity contribution in [3.8, 4) is 11.5 Å². The number of nitrogens with zero attached hydrogens (tertiary/aromatic N) is 1. The minimum atomic E-state index is -0.367. The average molecular weight is 368 g/mol. The zero-order valence-corrected chi connectivity index (χ0v) is 15.8. The molecule has 1 heterocycles. The van der Waals surface area contributed by atoms with E-state index < -0.39 is 0 Å². The van der Waals surface area contributed by atoms with Gasteiger partial charge in [0.15, 0.2) is 11.5 Å². The summed E-state index contributed by atoms with van der Waals surface area (Å²) in [6.45, 7) is 2.84. The minimum absolute atomic E-state index is 0.00281. The van der Waals surface area contributed by atoms with Crippen LogP contribution in [0.1, 0.15) is 17.5 Å². The van der Waals surface area contributed by atoms with E-state index >= 15 is 0 Å². The number of rotatable bonds is 6. The van der Waals surface area contributed by atoms with Gasteiger partial charge in [0, 0.05) is 31.3 Å². The highest BCUT2D eigenvalue weighted by Crippen LogP contribution is 2.33. The fourth-order valence-corrected chi connectivity index (χ4v) is 3.25. The Morgan fingerprint density at radius 2 is 1.81 bits per heavy atom. The number of nitrogens with one attached hydrogen (secondary N) is 1. The lowest BCUT2D eigenvalue weighted by atomic mass is 10.1. The number of hydrogen-bond donors (Lipinski definition) is 1. The van der Waals surface area contributed by atoms with Gasteiger partial charge in [-0.3, -0.25) is 9.59 Å². The normalized spacial score (nSPS) is 16.3. The fourth-order valence-electron chi connectivity index (χ4n) is 3.25. The molecule has 0 bridgehead atoms. The van der Waals surface area contributed by atoms with Gasteiger partial charge < -0.3 is 19.7 Å². The third kappa shape index (κ3) is 4.22. The van der Waals surface area contributed by atoms with Crippen LogP contribution in [0, 0.1) is 12.8 Å². The van der Waals surface area contributed by atoms with Crippen LogP contribution >= 0.6 is 0 Å². The first-order chi connectivity index (χ1) is 13.0. The first-order valence-corrected chi connectivity index (χ1v) is 8.87. The van der Waals surface area contributed by atoms with E-state index in [9.17, 15) is 9.59 Å². The van der Waals surface area contributed by atoms with Crippen LogP contribution in [0.4, 0.5) is 5.69 Å². The van der Waals surface area contributed by atoms with Crippen LogP contribution in [-0.2, 0) is 16.1 Å². The predicted molar refractivity (Wildman–Crippen MR) is 103 cm³/mol. The van der Waals surface area contributed by atoms with Gasteiger partial charge in [-0.25, -0.2) is 0 Å². The first kappa shape index (κ1) is 18.8. The van der Waals surface area contributed by atoms with E-state index in [2.05, 4.69) is 5.32 Å². The number of amides is 2. The van der Waals surface area contributed by atoms with Crippen LogP contribution in [0.5, 0.6) is 11.5 Å². The third-order valence-corrected chi connectivity index (χ3v) is 4.79. The molecule has 6 nitrogen and oxygen atoms in total. The van der Waals surface area contributed by atoms with Gasteiger partial charge in [-0.15, -0.1) is 0 Å². The molecule has 1 aliphatic rings. The number of carbonyl (C=O) groups excluding carboxylic acids is 2.